The second-order valence-corrected chi connectivity index (χ2v) is 22.8. The minimum atomic E-state index is 0.504. The second kappa shape index (κ2) is 18.0. The lowest BCUT2D eigenvalue weighted by molar-refractivity contribution is -0.0730. The summed E-state index contributed by atoms with van der Waals surface area (Å²) in [7, 11) is 0. The summed E-state index contributed by atoms with van der Waals surface area (Å²) in [6, 6.07) is 7.13. The molecular weight excluding hydrogens is 655 g/mol. The van der Waals surface area contributed by atoms with Crippen molar-refractivity contribution in [2.24, 2.45) is 40.9 Å². The molecule has 6 unspecified atom stereocenters. The number of rotatable bonds is 8. The first-order valence-corrected chi connectivity index (χ1v) is 25.8. The molecule has 1 aliphatic heterocycles. The molecule has 1 saturated heterocycles. The minimum absolute atomic E-state index is 0.504. The lowest BCUT2D eigenvalue weighted by atomic mass is 9.51. The highest BCUT2D eigenvalue weighted by Crippen LogP contribution is 2.57. The summed E-state index contributed by atoms with van der Waals surface area (Å²) in [5.41, 5.74) is 0.504. The fraction of sp³-hybridized carbons (Fsp3) is 1.00. The molecule has 3 nitrogen and oxygen atoms in total. The zero-order valence-electron chi connectivity index (χ0n) is 36.0. The molecule has 0 spiro atoms. The van der Waals surface area contributed by atoms with Crippen LogP contribution < -0.4 is 5.32 Å². The molecular formula is C51H89N3. The van der Waals surface area contributed by atoms with Gasteiger partial charge in [0.25, 0.3) is 0 Å². The molecule has 0 aromatic heterocycles. The van der Waals surface area contributed by atoms with Crippen molar-refractivity contribution in [3.63, 3.8) is 0 Å². The highest BCUT2D eigenvalue weighted by atomic mass is 15.2. The fourth-order valence-electron chi connectivity index (χ4n) is 16.9. The zero-order valence-corrected chi connectivity index (χ0v) is 36.0. The van der Waals surface area contributed by atoms with Crippen LogP contribution in [0.5, 0.6) is 0 Å². The summed E-state index contributed by atoms with van der Waals surface area (Å²) in [5, 5.41) is 4.44. The number of hydrogen-bond acceptors (Lipinski definition) is 3. The Bertz CT molecular complexity index is 1000. The Labute approximate surface area is 335 Å². The molecule has 0 bridgehead atoms. The summed E-state index contributed by atoms with van der Waals surface area (Å²) >= 11 is 0. The van der Waals surface area contributed by atoms with Gasteiger partial charge in [0.15, 0.2) is 0 Å². The molecule has 1 heterocycles. The van der Waals surface area contributed by atoms with E-state index < -0.39 is 0 Å². The van der Waals surface area contributed by atoms with E-state index in [9.17, 15) is 0 Å². The Morgan fingerprint density at radius 2 is 0.593 bits per heavy atom. The summed E-state index contributed by atoms with van der Waals surface area (Å²) in [6.07, 6.45) is 51.5. The standard InChI is InChI=1S/C51H89N3/c1-51(2)47-35-39(37-23-29-45(30-24-37)53(41-15-7-3-8-16-41)42-17-9-4-10-18-42)27-33-49(47)52-50-34-28-40(36-48(50)51)38-25-31-46(32-26-38)54(43-19-11-5-12-20-43)44-21-13-6-14-22-44/h37-50,52H,3-36H2,1-2H3. The lowest BCUT2D eigenvalue weighted by Gasteiger charge is -2.60. The topological polar surface area (TPSA) is 18.5 Å². The van der Waals surface area contributed by atoms with E-state index >= 15 is 0 Å². The van der Waals surface area contributed by atoms with Crippen LogP contribution in [0.25, 0.3) is 0 Å². The maximum absolute atomic E-state index is 4.44. The van der Waals surface area contributed by atoms with Crippen LogP contribution in [-0.2, 0) is 0 Å². The Morgan fingerprint density at radius 3 is 0.907 bits per heavy atom. The third-order valence-electron chi connectivity index (χ3n) is 19.8. The minimum Gasteiger partial charge on any atom is -0.311 e. The van der Waals surface area contributed by atoms with Crippen molar-refractivity contribution in [1.82, 2.24) is 15.1 Å². The molecule has 0 radical (unpaired) electrons. The summed E-state index contributed by atoms with van der Waals surface area (Å²) in [4.78, 5) is 6.44. The lowest BCUT2D eigenvalue weighted by Crippen LogP contribution is -2.63. The average molecular weight is 744 g/mol. The number of nitrogens with zero attached hydrogens (tertiary/aromatic N) is 2. The molecule has 8 aliphatic carbocycles. The molecule has 308 valence electrons. The average Bonchev–Trinajstić information content (AvgIpc) is 3.23. The molecule has 0 amide bonds. The number of piperidine rings is 1. The van der Waals surface area contributed by atoms with Gasteiger partial charge in [0.1, 0.15) is 0 Å². The quantitative estimate of drug-likeness (QED) is 0.267. The Kier molecular flexibility index (Phi) is 13.1. The van der Waals surface area contributed by atoms with Gasteiger partial charge in [-0.1, -0.05) is 90.9 Å². The van der Waals surface area contributed by atoms with Crippen LogP contribution in [0.3, 0.4) is 0 Å². The first-order valence-electron chi connectivity index (χ1n) is 25.8. The van der Waals surface area contributed by atoms with Crippen LogP contribution in [-0.4, -0.2) is 58.1 Å². The first kappa shape index (κ1) is 39.3. The van der Waals surface area contributed by atoms with Gasteiger partial charge >= 0.3 is 0 Å². The van der Waals surface area contributed by atoms with Gasteiger partial charge in [0.2, 0.25) is 0 Å². The van der Waals surface area contributed by atoms with Gasteiger partial charge in [-0.3, -0.25) is 9.80 Å². The van der Waals surface area contributed by atoms with Crippen molar-refractivity contribution < 1.29 is 0 Å². The van der Waals surface area contributed by atoms with Crippen LogP contribution >= 0.6 is 0 Å². The van der Waals surface area contributed by atoms with Crippen molar-refractivity contribution in [3.05, 3.63) is 0 Å². The molecule has 0 aromatic carbocycles. The molecule has 3 heteroatoms. The highest BCUT2D eigenvalue weighted by Gasteiger charge is 2.54. The van der Waals surface area contributed by atoms with Gasteiger partial charge in [-0.05, 0) is 182 Å². The van der Waals surface area contributed by atoms with Gasteiger partial charge in [0.05, 0.1) is 0 Å². The van der Waals surface area contributed by atoms with Crippen molar-refractivity contribution in [3.8, 4) is 0 Å². The normalized spacial score (nSPS) is 42.4. The van der Waals surface area contributed by atoms with Crippen LogP contribution in [0.15, 0.2) is 0 Å². The summed E-state index contributed by atoms with van der Waals surface area (Å²) in [6.45, 7) is 5.58. The zero-order chi connectivity index (χ0) is 36.5. The van der Waals surface area contributed by atoms with E-state index in [1.165, 1.54) is 180 Å². The van der Waals surface area contributed by atoms with E-state index in [-0.39, 0.29) is 0 Å². The smallest absolute Gasteiger partial charge is 0.0103 e. The third-order valence-corrected chi connectivity index (χ3v) is 19.8. The van der Waals surface area contributed by atoms with Gasteiger partial charge in [0, 0.05) is 48.3 Å². The van der Waals surface area contributed by atoms with E-state index in [1.54, 1.807) is 38.5 Å². The van der Waals surface area contributed by atoms with E-state index in [1.807, 2.05) is 0 Å². The van der Waals surface area contributed by atoms with E-state index in [0.29, 0.717) is 5.41 Å². The Hall–Kier alpha value is -0.120. The SMILES string of the molecule is CC1(C)C2CC(C3CCC(N(C4CCCCC4)C4CCCCC4)CC3)CCC2NC2CCC(C3CCC(N(C4CCCCC4)C4CCCCC4)CC3)CC21. The summed E-state index contributed by atoms with van der Waals surface area (Å²) in [5.74, 6) is 5.87. The summed E-state index contributed by atoms with van der Waals surface area (Å²) < 4.78 is 0. The molecule has 9 rings (SSSR count). The monoisotopic (exact) mass is 744 g/mol. The third kappa shape index (κ3) is 8.48. The largest absolute Gasteiger partial charge is 0.311 e. The van der Waals surface area contributed by atoms with E-state index in [0.717, 1.165) is 83.8 Å². The molecule has 1 N–H and O–H groups in total. The molecule has 6 atom stereocenters. The highest BCUT2D eigenvalue weighted by molar-refractivity contribution is 5.07. The van der Waals surface area contributed by atoms with Gasteiger partial charge in [-0.25, -0.2) is 0 Å². The van der Waals surface area contributed by atoms with E-state index in [4.69, 9.17) is 0 Å². The molecule has 54 heavy (non-hydrogen) atoms. The Morgan fingerprint density at radius 1 is 0.315 bits per heavy atom. The van der Waals surface area contributed by atoms with Crippen molar-refractivity contribution >= 4 is 0 Å². The van der Waals surface area contributed by atoms with Crippen LogP contribution in [0.1, 0.15) is 232 Å². The number of hydrogen-bond donors (Lipinski definition) is 1. The molecule has 0 aromatic rings. The van der Waals surface area contributed by atoms with Crippen LogP contribution in [0, 0.1) is 40.9 Å². The van der Waals surface area contributed by atoms with Gasteiger partial charge in [-0.2, -0.15) is 0 Å². The number of nitrogens with one attached hydrogen (secondary N) is 1. The maximum Gasteiger partial charge on any atom is 0.0103 e. The predicted octanol–water partition coefficient (Wildman–Crippen LogP) is 13.2. The fourth-order valence-corrected chi connectivity index (χ4v) is 16.9. The van der Waals surface area contributed by atoms with Gasteiger partial charge < -0.3 is 5.32 Å². The Balaban J connectivity index is 0.798. The van der Waals surface area contributed by atoms with E-state index in [2.05, 4.69) is 29.0 Å². The van der Waals surface area contributed by atoms with Crippen molar-refractivity contribution in [2.45, 2.75) is 280 Å². The van der Waals surface area contributed by atoms with Crippen molar-refractivity contribution in [2.75, 3.05) is 0 Å². The molecule has 9 aliphatic rings. The second-order valence-electron chi connectivity index (χ2n) is 22.8. The van der Waals surface area contributed by atoms with Crippen LogP contribution in [0.2, 0.25) is 0 Å². The van der Waals surface area contributed by atoms with Crippen molar-refractivity contribution in [1.29, 1.82) is 0 Å². The first-order chi connectivity index (χ1) is 26.5. The predicted molar refractivity (Wildman–Crippen MR) is 229 cm³/mol. The number of fused-ring (bicyclic) bond motifs is 2. The van der Waals surface area contributed by atoms with Crippen LogP contribution in [0.4, 0.5) is 0 Å². The molecule has 9 fully saturated rings. The molecule has 8 saturated carbocycles. The maximum atomic E-state index is 4.44. The van der Waals surface area contributed by atoms with Gasteiger partial charge in [-0.15, -0.1) is 0 Å².